The predicted octanol–water partition coefficient (Wildman–Crippen LogP) is 3.29. The van der Waals surface area contributed by atoms with Crippen molar-refractivity contribution < 1.29 is 4.52 Å². The van der Waals surface area contributed by atoms with Crippen molar-refractivity contribution in [1.82, 2.24) is 5.16 Å². The molecule has 1 heterocycles. The molecule has 0 unspecified atom stereocenters. The SMILES string of the molecule is [c]1ccc2onc(-c3ccccc3)c2c1. The van der Waals surface area contributed by atoms with E-state index in [-0.39, 0.29) is 0 Å². The van der Waals surface area contributed by atoms with Gasteiger partial charge in [0.2, 0.25) is 0 Å². The van der Waals surface area contributed by atoms with Gasteiger partial charge in [0, 0.05) is 5.56 Å². The van der Waals surface area contributed by atoms with Crippen molar-refractivity contribution in [2.45, 2.75) is 0 Å². The van der Waals surface area contributed by atoms with Gasteiger partial charge in [0.15, 0.2) is 5.58 Å². The van der Waals surface area contributed by atoms with Gasteiger partial charge in [0.25, 0.3) is 0 Å². The second kappa shape index (κ2) is 3.24. The Balaban J connectivity index is 2.28. The van der Waals surface area contributed by atoms with E-state index in [1.807, 2.05) is 48.5 Å². The highest BCUT2D eigenvalue weighted by Crippen LogP contribution is 2.26. The van der Waals surface area contributed by atoms with Crippen molar-refractivity contribution in [3.8, 4) is 11.3 Å². The van der Waals surface area contributed by atoms with E-state index in [4.69, 9.17) is 4.52 Å². The van der Waals surface area contributed by atoms with E-state index in [1.165, 1.54) is 0 Å². The highest BCUT2D eigenvalue weighted by molar-refractivity contribution is 5.91. The van der Waals surface area contributed by atoms with E-state index in [2.05, 4.69) is 11.2 Å². The summed E-state index contributed by atoms with van der Waals surface area (Å²) in [4.78, 5) is 0. The third-order valence-electron chi connectivity index (χ3n) is 2.36. The zero-order valence-electron chi connectivity index (χ0n) is 7.97. The van der Waals surface area contributed by atoms with Crippen molar-refractivity contribution in [2.75, 3.05) is 0 Å². The second-order valence-electron chi connectivity index (χ2n) is 3.32. The summed E-state index contributed by atoms with van der Waals surface area (Å²) in [6, 6.07) is 18.6. The van der Waals surface area contributed by atoms with Gasteiger partial charge in [-0.2, -0.15) is 0 Å². The largest absolute Gasteiger partial charge is 0.356 e. The molecule has 0 fully saturated rings. The van der Waals surface area contributed by atoms with Gasteiger partial charge in [-0.3, -0.25) is 0 Å². The van der Waals surface area contributed by atoms with Crippen LogP contribution >= 0.6 is 0 Å². The molecule has 2 aromatic carbocycles. The van der Waals surface area contributed by atoms with Gasteiger partial charge >= 0.3 is 0 Å². The lowest BCUT2D eigenvalue weighted by Crippen LogP contribution is -1.76. The zero-order chi connectivity index (χ0) is 10.1. The molecule has 15 heavy (non-hydrogen) atoms. The summed E-state index contributed by atoms with van der Waals surface area (Å²) < 4.78 is 5.23. The average Bonchev–Trinajstić information content (AvgIpc) is 2.74. The molecule has 0 saturated heterocycles. The number of fused-ring (bicyclic) bond motifs is 1. The van der Waals surface area contributed by atoms with Gasteiger partial charge in [-0.15, -0.1) is 0 Å². The molecule has 0 aliphatic rings. The maximum absolute atomic E-state index is 5.23. The minimum atomic E-state index is 0.799. The number of nitrogens with zero attached hydrogens (tertiary/aromatic N) is 1. The number of aromatic nitrogens is 1. The molecule has 2 heteroatoms. The number of benzene rings is 2. The molecule has 0 spiro atoms. The summed E-state index contributed by atoms with van der Waals surface area (Å²) in [5.74, 6) is 0. The number of rotatable bonds is 1. The average molecular weight is 194 g/mol. The van der Waals surface area contributed by atoms with E-state index in [9.17, 15) is 0 Å². The summed E-state index contributed by atoms with van der Waals surface area (Å²) in [5.41, 5.74) is 2.74. The third-order valence-corrected chi connectivity index (χ3v) is 2.36. The molecule has 0 aliphatic heterocycles. The first-order valence-electron chi connectivity index (χ1n) is 4.76. The Hall–Kier alpha value is -2.09. The highest BCUT2D eigenvalue weighted by Gasteiger charge is 2.08. The molecule has 0 atom stereocenters. The van der Waals surface area contributed by atoms with Crippen LogP contribution in [0, 0.1) is 6.07 Å². The maximum atomic E-state index is 5.23. The van der Waals surface area contributed by atoms with E-state index in [0.29, 0.717) is 0 Å². The predicted molar refractivity (Wildman–Crippen MR) is 58.3 cm³/mol. The molecule has 0 saturated carbocycles. The van der Waals surface area contributed by atoms with Crippen LogP contribution in [0.5, 0.6) is 0 Å². The summed E-state index contributed by atoms with van der Waals surface area (Å²) >= 11 is 0. The molecule has 0 N–H and O–H groups in total. The molecule has 0 bridgehead atoms. The first-order valence-corrected chi connectivity index (χ1v) is 4.76. The summed E-state index contributed by atoms with van der Waals surface area (Å²) in [5, 5.41) is 5.07. The van der Waals surface area contributed by atoms with Crippen LogP contribution in [0.2, 0.25) is 0 Å². The lowest BCUT2D eigenvalue weighted by molar-refractivity contribution is 0.459. The summed E-state index contributed by atoms with van der Waals surface area (Å²) in [7, 11) is 0. The Morgan fingerprint density at radius 2 is 1.93 bits per heavy atom. The van der Waals surface area contributed by atoms with Crippen molar-refractivity contribution >= 4 is 11.0 Å². The zero-order valence-corrected chi connectivity index (χ0v) is 7.97. The monoisotopic (exact) mass is 194 g/mol. The summed E-state index contributed by atoms with van der Waals surface area (Å²) in [6.45, 7) is 0. The number of hydrogen-bond donors (Lipinski definition) is 0. The molecular formula is C13H8NO. The van der Waals surface area contributed by atoms with Gasteiger partial charge < -0.3 is 4.52 Å². The van der Waals surface area contributed by atoms with Gasteiger partial charge in [0.05, 0.1) is 5.39 Å². The van der Waals surface area contributed by atoms with E-state index >= 15 is 0 Å². The van der Waals surface area contributed by atoms with Gasteiger partial charge in [-0.05, 0) is 18.2 Å². The fraction of sp³-hybridized carbons (Fsp3) is 0. The second-order valence-corrected chi connectivity index (χ2v) is 3.32. The smallest absolute Gasteiger partial charge is 0.167 e. The van der Waals surface area contributed by atoms with Crippen molar-refractivity contribution in [3.63, 3.8) is 0 Å². The van der Waals surface area contributed by atoms with Crippen LogP contribution in [0.15, 0.2) is 53.1 Å². The molecule has 71 valence electrons. The Morgan fingerprint density at radius 1 is 1.07 bits per heavy atom. The van der Waals surface area contributed by atoms with Crippen LogP contribution in [-0.2, 0) is 0 Å². The molecule has 1 radical (unpaired) electrons. The van der Waals surface area contributed by atoms with Crippen molar-refractivity contribution in [2.24, 2.45) is 0 Å². The van der Waals surface area contributed by atoms with Crippen LogP contribution in [-0.4, -0.2) is 5.16 Å². The highest BCUT2D eigenvalue weighted by atomic mass is 16.5. The van der Waals surface area contributed by atoms with Crippen molar-refractivity contribution in [3.05, 3.63) is 54.6 Å². The first kappa shape index (κ1) is 8.24. The molecule has 0 aliphatic carbocycles. The topological polar surface area (TPSA) is 26.0 Å². The molecule has 3 aromatic rings. The molecule has 3 rings (SSSR count). The Bertz CT molecular complexity index is 584. The summed E-state index contributed by atoms with van der Waals surface area (Å²) in [6.07, 6.45) is 0. The molecular weight excluding hydrogens is 186 g/mol. The third kappa shape index (κ3) is 1.31. The fourth-order valence-corrected chi connectivity index (χ4v) is 1.63. The number of hydrogen-bond acceptors (Lipinski definition) is 2. The molecule has 0 amide bonds. The van der Waals surface area contributed by atoms with E-state index in [1.54, 1.807) is 0 Å². The van der Waals surface area contributed by atoms with Crippen LogP contribution in [0.3, 0.4) is 0 Å². The lowest BCUT2D eigenvalue weighted by atomic mass is 10.1. The quantitative estimate of drug-likeness (QED) is 0.594. The first-order chi connectivity index (χ1) is 7.45. The van der Waals surface area contributed by atoms with Crippen molar-refractivity contribution in [1.29, 1.82) is 0 Å². The van der Waals surface area contributed by atoms with Crippen LogP contribution in [0.25, 0.3) is 22.2 Å². The molecule has 2 nitrogen and oxygen atoms in total. The fourth-order valence-electron chi connectivity index (χ4n) is 1.63. The maximum Gasteiger partial charge on any atom is 0.167 e. The van der Waals surface area contributed by atoms with Crippen LogP contribution in [0.4, 0.5) is 0 Å². The standard InChI is InChI=1S/C13H8NO/c1-2-6-10(7-3-1)13-11-8-4-5-9-12(11)15-14-13/h1-3,5-9H. The molecule has 1 aromatic heterocycles. The van der Waals surface area contributed by atoms with E-state index < -0.39 is 0 Å². The van der Waals surface area contributed by atoms with Gasteiger partial charge in [-0.1, -0.05) is 41.6 Å². The normalized spacial score (nSPS) is 10.7. The van der Waals surface area contributed by atoms with Crippen LogP contribution < -0.4 is 0 Å². The Labute approximate surface area is 87.1 Å². The minimum Gasteiger partial charge on any atom is -0.356 e. The van der Waals surface area contributed by atoms with Gasteiger partial charge in [0.1, 0.15) is 5.69 Å². The Morgan fingerprint density at radius 3 is 2.80 bits per heavy atom. The minimum absolute atomic E-state index is 0.799. The van der Waals surface area contributed by atoms with Gasteiger partial charge in [-0.25, -0.2) is 0 Å². The lowest BCUT2D eigenvalue weighted by Gasteiger charge is -1.94. The van der Waals surface area contributed by atoms with Crippen LogP contribution in [0.1, 0.15) is 0 Å². The van der Waals surface area contributed by atoms with E-state index in [0.717, 1.165) is 22.2 Å². The Kier molecular flexibility index (Phi) is 1.78.